The van der Waals surface area contributed by atoms with Crippen molar-refractivity contribution in [2.45, 2.75) is 45.4 Å². The van der Waals surface area contributed by atoms with Gasteiger partial charge < -0.3 is 23.6 Å². The van der Waals surface area contributed by atoms with Gasteiger partial charge >= 0.3 is 15.2 Å². The molecular weight excluding hydrogens is 822 g/mol. The lowest BCUT2D eigenvalue weighted by molar-refractivity contribution is 0.175. The lowest BCUT2D eigenvalue weighted by Crippen LogP contribution is -2.38. The molecule has 0 heterocycles. The molecule has 60 heavy (non-hydrogen) atoms. The van der Waals surface area contributed by atoms with Crippen molar-refractivity contribution in [3.63, 3.8) is 0 Å². The summed E-state index contributed by atoms with van der Waals surface area (Å²) in [6.07, 6.45) is 0.193. The van der Waals surface area contributed by atoms with Crippen LogP contribution in [-0.4, -0.2) is 51.9 Å². The van der Waals surface area contributed by atoms with Crippen LogP contribution in [0.15, 0.2) is 170 Å². The van der Waals surface area contributed by atoms with Crippen molar-refractivity contribution < 1.29 is 32.7 Å². The van der Waals surface area contributed by atoms with E-state index < -0.39 is 34.4 Å². The van der Waals surface area contributed by atoms with E-state index in [1.54, 1.807) is 27.7 Å². The van der Waals surface area contributed by atoms with Gasteiger partial charge in [-0.2, -0.15) is 0 Å². The fourth-order valence-electron chi connectivity index (χ4n) is 7.22. The van der Waals surface area contributed by atoms with Gasteiger partial charge in [0.1, 0.15) is 15.1 Å². The summed E-state index contributed by atoms with van der Waals surface area (Å²) in [6.45, 7) is 7.59. The molecule has 2 N–H and O–H groups in total. The van der Waals surface area contributed by atoms with E-state index in [1.807, 2.05) is 0 Å². The van der Waals surface area contributed by atoms with E-state index in [4.69, 9.17) is 18.1 Å². The zero-order chi connectivity index (χ0) is 42.0. The molecule has 0 saturated carbocycles. The quantitative estimate of drug-likeness (QED) is 0.0604. The molecule has 0 aliphatic carbocycles. The van der Waals surface area contributed by atoms with Crippen molar-refractivity contribution in [3.8, 4) is 0 Å². The van der Waals surface area contributed by atoms with Crippen LogP contribution in [0, 0.1) is 0 Å². The molecule has 0 unspecified atom stereocenters. The maximum atomic E-state index is 15.7. The lowest BCUT2D eigenvalue weighted by atomic mass is 10.0. The topological polar surface area (TPSA) is 103 Å². The number of hydrogen-bond acceptors (Lipinski definition) is 6. The van der Waals surface area contributed by atoms with Gasteiger partial charge in [0, 0.05) is 12.8 Å². The lowest BCUT2D eigenvalue weighted by Gasteiger charge is -2.42. The molecule has 0 saturated heterocycles. The van der Waals surface area contributed by atoms with Crippen LogP contribution in [0.5, 0.6) is 0 Å². The van der Waals surface area contributed by atoms with Gasteiger partial charge in [0.25, 0.3) is 0 Å². The highest BCUT2D eigenvalue weighted by Crippen LogP contribution is 2.79. The zero-order valence-corrected chi connectivity index (χ0v) is 37.2. The van der Waals surface area contributed by atoms with E-state index >= 15 is 9.13 Å². The molecule has 6 rings (SSSR count). The molecule has 0 atom stereocenters. The molecule has 0 aliphatic rings. The van der Waals surface area contributed by atoms with Crippen LogP contribution in [0.2, 0.25) is 0 Å². The van der Waals surface area contributed by atoms with Crippen LogP contribution in [0.1, 0.15) is 38.8 Å². The molecular formula is C47H60B2O7P4. The Morgan fingerprint density at radius 1 is 0.400 bits per heavy atom. The monoisotopic (exact) mass is 882 g/mol. The summed E-state index contributed by atoms with van der Waals surface area (Å²) in [5.41, 5.74) is 1.72. The minimum atomic E-state index is -4.23. The molecule has 0 spiro atoms. The fraction of sp³-hybridized carbons (Fsp3) is 0.234. The van der Waals surface area contributed by atoms with Gasteiger partial charge in [0.05, 0.1) is 58.3 Å². The summed E-state index contributed by atoms with van der Waals surface area (Å²) in [5.74, 6) is 0. The second-order valence-electron chi connectivity index (χ2n) is 13.3. The predicted molar refractivity (Wildman–Crippen MR) is 266 cm³/mol. The Morgan fingerprint density at radius 3 is 0.833 bits per heavy atom. The highest BCUT2D eigenvalue weighted by Gasteiger charge is 2.65. The van der Waals surface area contributed by atoms with Crippen LogP contribution in [0.25, 0.3) is 0 Å². The zero-order valence-electron chi connectivity index (χ0n) is 33.6. The first kappa shape index (κ1) is 47.6. The number of rotatable bonds is 20. The minimum Gasteiger partial charge on any atom is -0.412 e. The molecule has 6 aromatic rings. The van der Waals surface area contributed by atoms with Gasteiger partial charge in [0.15, 0.2) is 4.90 Å². The Labute approximate surface area is 360 Å². The van der Waals surface area contributed by atoms with Crippen LogP contribution < -0.4 is 31.8 Å². The van der Waals surface area contributed by atoms with E-state index in [9.17, 15) is 0 Å². The molecule has 0 aliphatic heterocycles. The molecule has 0 bridgehead atoms. The first-order chi connectivity index (χ1) is 28.5. The van der Waals surface area contributed by atoms with Crippen LogP contribution in [-0.2, 0) is 40.1 Å². The van der Waals surface area contributed by atoms with Gasteiger partial charge in [-0.1, -0.05) is 111 Å². The molecule has 316 valence electrons. The highest BCUT2D eigenvalue weighted by atomic mass is 31.2. The molecule has 6 aromatic carbocycles. The van der Waals surface area contributed by atoms with Crippen molar-refractivity contribution >= 4 is 76.4 Å². The molecule has 0 aromatic heterocycles. The summed E-state index contributed by atoms with van der Waals surface area (Å²) >= 11 is 0. The first-order valence-corrected chi connectivity index (χ1v) is 25.3. The summed E-state index contributed by atoms with van der Waals surface area (Å²) < 4.78 is 56.3. The summed E-state index contributed by atoms with van der Waals surface area (Å²) in [6, 6.07) is 61.0. The Balaban J connectivity index is 0.00000683. The van der Waals surface area contributed by atoms with Gasteiger partial charge in [0.2, 0.25) is 0 Å². The normalized spacial score (nSPS) is 12.5. The SMILES string of the molecule is O.[BH3-][P+](c1ccccc1)(c1ccccc1)c1ccc(CC(Cc2ccc([P+]([BH3-])(c3ccccc3)c3ccccc3)cc2)(P(=O)(OCC)OCC)P(=O)(OCC)OCC)cc1. The number of hydrogen-bond donors (Lipinski definition) is 0. The third-order valence-corrected chi connectivity index (χ3v) is 21.1. The second kappa shape index (κ2) is 21.1. The average Bonchev–Trinajstić information content (AvgIpc) is 3.27. The van der Waals surface area contributed by atoms with Gasteiger partial charge in [-0.3, -0.25) is 9.13 Å². The van der Waals surface area contributed by atoms with E-state index in [0.29, 0.717) is 0 Å². The third-order valence-electron chi connectivity index (χ3n) is 9.64. The van der Waals surface area contributed by atoms with Crippen molar-refractivity contribution in [2.75, 3.05) is 26.4 Å². The molecule has 0 fully saturated rings. The van der Waals surface area contributed by atoms with Crippen molar-refractivity contribution in [1.29, 1.82) is 0 Å². The van der Waals surface area contributed by atoms with E-state index in [2.05, 4.69) is 170 Å². The molecule has 13 heteroatoms. The Kier molecular flexibility index (Phi) is 16.7. The largest absolute Gasteiger partial charge is 0.412 e. The maximum absolute atomic E-state index is 15.7. The third kappa shape index (κ3) is 9.47. The minimum absolute atomic E-state index is 0. The maximum Gasteiger partial charge on any atom is 0.349 e. The summed E-state index contributed by atoms with van der Waals surface area (Å²) in [7, 11) is -12.4. The van der Waals surface area contributed by atoms with Gasteiger partial charge in [-0.15, -0.1) is 0 Å². The first-order valence-electron chi connectivity index (χ1n) is 19.6. The van der Waals surface area contributed by atoms with Crippen molar-refractivity contribution in [1.82, 2.24) is 0 Å². The molecule has 0 radical (unpaired) electrons. The van der Waals surface area contributed by atoms with E-state index in [1.165, 1.54) is 31.8 Å². The Morgan fingerprint density at radius 2 is 0.617 bits per heavy atom. The average molecular weight is 883 g/mol. The standard InChI is InChI=1S/C47H58B2O6P4.H2O/c1-5-52-58(50,53-6-2)47(59(51,54-7-3)55-8-4,37-39-29-33-45(34-30-39)56(48,41-21-13-9-14-22-41)42-23-15-10-16-24-42)38-40-31-35-46(36-32-40)57(49,43-25-17-11-18-26-43)44-27-19-12-20-28-44;/h9-36H,5-8,37-38H2,1-4,48-49H3;1H2. The van der Waals surface area contributed by atoms with Gasteiger partial charge in [-0.05, 0) is 112 Å². The second-order valence-corrected chi connectivity index (χ2v) is 22.9. The number of benzene rings is 6. The van der Waals surface area contributed by atoms with Crippen LogP contribution in [0.3, 0.4) is 0 Å². The van der Waals surface area contributed by atoms with Crippen molar-refractivity contribution in [2.24, 2.45) is 0 Å². The van der Waals surface area contributed by atoms with E-state index in [-0.39, 0.29) is 59.9 Å². The summed E-state index contributed by atoms with van der Waals surface area (Å²) in [5, 5.41) is 8.15. The van der Waals surface area contributed by atoms with E-state index in [0.717, 1.165) is 11.1 Å². The van der Waals surface area contributed by atoms with Crippen LogP contribution in [0.4, 0.5) is 0 Å². The smallest absolute Gasteiger partial charge is 0.349 e. The molecule has 0 amide bonds. The predicted octanol–water partition coefficient (Wildman–Crippen LogP) is 7.02. The van der Waals surface area contributed by atoms with Crippen molar-refractivity contribution in [3.05, 3.63) is 181 Å². The van der Waals surface area contributed by atoms with Crippen LogP contribution >= 0.6 is 29.5 Å². The Hall–Kier alpha value is -3.43. The fourth-order valence-corrected chi connectivity index (χ4v) is 17.6. The highest BCUT2D eigenvalue weighted by molar-refractivity contribution is 8.14. The van der Waals surface area contributed by atoms with Gasteiger partial charge in [-0.25, -0.2) is 0 Å². The molecule has 7 nitrogen and oxygen atoms in total. The summed E-state index contributed by atoms with van der Waals surface area (Å²) in [4.78, 5) is -1.70. The Bertz CT molecular complexity index is 2060.